The molecule has 130 valence electrons. The van der Waals surface area contributed by atoms with E-state index >= 15 is 0 Å². The predicted molar refractivity (Wildman–Crippen MR) is 98.3 cm³/mol. The first-order valence-electron chi connectivity index (χ1n) is 8.51. The molecule has 1 aromatic carbocycles. The molecule has 1 aliphatic carbocycles. The number of nitrogens with one attached hydrogen (secondary N) is 2. The largest absolute Gasteiger partial charge is 0.494 e. The van der Waals surface area contributed by atoms with E-state index in [1.807, 2.05) is 32.0 Å². The van der Waals surface area contributed by atoms with Gasteiger partial charge in [0.2, 0.25) is 5.91 Å². The smallest absolute Gasteiger partial charge is 0.229 e. The second kappa shape index (κ2) is 6.48. The molecule has 0 aliphatic heterocycles. The maximum atomic E-state index is 12.6. The molecule has 2 N–H and O–H groups in total. The minimum Gasteiger partial charge on any atom is -0.494 e. The molecule has 25 heavy (non-hydrogen) atoms. The molecule has 0 bridgehead atoms. The molecule has 7 heteroatoms. The second-order valence-electron chi connectivity index (χ2n) is 6.26. The summed E-state index contributed by atoms with van der Waals surface area (Å²) >= 11 is 1.48. The van der Waals surface area contributed by atoms with Crippen molar-refractivity contribution in [3.63, 3.8) is 0 Å². The first kappa shape index (κ1) is 16.1. The highest BCUT2D eigenvalue weighted by molar-refractivity contribution is 7.22. The van der Waals surface area contributed by atoms with Crippen LogP contribution in [0.2, 0.25) is 0 Å². The van der Waals surface area contributed by atoms with E-state index in [2.05, 4.69) is 20.3 Å². The fourth-order valence-corrected chi connectivity index (χ4v) is 4.17. The lowest BCUT2D eigenvalue weighted by atomic mass is 9.89. The van der Waals surface area contributed by atoms with Crippen LogP contribution in [0.3, 0.4) is 0 Å². The van der Waals surface area contributed by atoms with Crippen molar-refractivity contribution in [2.75, 3.05) is 11.9 Å². The first-order valence-corrected chi connectivity index (χ1v) is 9.32. The van der Waals surface area contributed by atoms with E-state index in [-0.39, 0.29) is 11.8 Å². The number of ether oxygens (including phenoxy) is 1. The Morgan fingerprint density at radius 3 is 3.16 bits per heavy atom. The van der Waals surface area contributed by atoms with Crippen LogP contribution in [0.15, 0.2) is 18.2 Å². The Hall–Kier alpha value is -2.41. The zero-order chi connectivity index (χ0) is 17.4. The lowest BCUT2D eigenvalue weighted by Crippen LogP contribution is -2.28. The third-order valence-corrected chi connectivity index (χ3v) is 5.37. The van der Waals surface area contributed by atoms with Crippen molar-refractivity contribution in [3.8, 4) is 5.75 Å². The van der Waals surface area contributed by atoms with Crippen LogP contribution in [-0.2, 0) is 17.6 Å². The van der Waals surface area contributed by atoms with Crippen LogP contribution in [0.4, 0.5) is 5.13 Å². The third-order valence-electron chi connectivity index (χ3n) is 4.43. The van der Waals surface area contributed by atoms with Gasteiger partial charge in [0, 0.05) is 18.0 Å². The van der Waals surface area contributed by atoms with Crippen molar-refractivity contribution < 1.29 is 9.53 Å². The van der Waals surface area contributed by atoms with Gasteiger partial charge in [0.05, 0.1) is 22.5 Å². The summed E-state index contributed by atoms with van der Waals surface area (Å²) in [7, 11) is 0. The molecule has 0 saturated carbocycles. The number of thiazole rings is 1. The molecule has 1 unspecified atom stereocenters. The van der Waals surface area contributed by atoms with Gasteiger partial charge in [0.25, 0.3) is 0 Å². The van der Waals surface area contributed by atoms with Crippen molar-refractivity contribution in [2.45, 2.75) is 33.1 Å². The molecule has 6 nitrogen and oxygen atoms in total. The van der Waals surface area contributed by atoms with Crippen LogP contribution >= 0.6 is 11.3 Å². The maximum Gasteiger partial charge on any atom is 0.229 e. The number of carbonyl (C=O) groups is 1. The normalized spacial score (nSPS) is 16.6. The average molecular weight is 356 g/mol. The van der Waals surface area contributed by atoms with E-state index in [9.17, 15) is 4.79 Å². The summed E-state index contributed by atoms with van der Waals surface area (Å²) in [6.07, 6.45) is 2.37. The molecular formula is C18H20N4O2S. The minimum absolute atomic E-state index is 0.0296. The van der Waals surface area contributed by atoms with E-state index in [1.54, 1.807) is 0 Å². The topological polar surface area (TPSA) is 79.9 Å². The zero-order valence-corrected chi connectivity index (χ0v) is 15.1. The summed E-state index contributed by atoms with van der Waals surface area (Å²) in [4.78, 5) is 24.9. The highest BCUT2D eigenvalue weighted by atomic mass is 32.1. The number of anilines is 1. The van der Waals surface area contributed by atoms with Crippen molar-refractivity contribution in [1.29, 1.82) is 0 Å². The van der Waals surface area contributed by atoms with Gasteiger partial charge >= 0.3 is 0 Å². The van der Waals surface area contributed by atoms with Gasteiger partial charge in [0.15, 0.2) is 5.13 Å². The van der Waals surface area contributed by atoms with Gasteiger partial charge in [-0.25, -0.2) is 9.97 Å². The molecule has 1 atom stereocenters. The number of carbonyl (C=O) groups excluding carboxylic acids is 1. The van der Waals surface area contributed by atoms with Crippen LogP contribution in [0, 0.1) is 12.8 Å². The molecule has 2 heterocycles. The van der Waals surface area contributed by atoms with E-state index in [1.165, 1.54) is 11.3 Å². The summed E-state index contributed by atoms with van der Waals surface area (Å²) in [6.45, 7) is 4.54. The molecule has 3 aromatic rings. The van der Waals surface area contributed by atoms with Gasteiger partial charge in [-0.15, -0.1) is 0 Å². The Bertz CT molecular complexity index is 930. The molecule has 1 aliphatic rings. The third kappa shape index (κ3) is 3.24. The number of amides is 1. The minimum atomic E-state index is -0.0432. The van der Waals surface area contributed by atoms with Gasteiger partial charge in [-0.3, -0.25) is 4.79 Å². The lowest BCUT2D eigenvalue weighted by molar-refractivity contribution is -0.120. The van der Waals surface area contributed by atoms with Gasteiger partial charge in [-0.05, 0) is 44.9 Å². The van der Waals surface area contributed by atoms with Crippen LogP contribution < -0.4 is 10.1 Å². The quantitative estimate of drug-likeness (QED) is 0.750. The summed E-state index contributed by atoms with van der Waals surface area (Å²) in [5, 5.41) is 3.62. The Morgan fingerprint density at radius 2 is 2.32 bits per heavy atom. The van der Waals surface area contributed by atoms with E-state index in [0.717, 1.165) is 46.0 Å². The fraction of sp³-hybridized carbons (Fsp3) is 0.389. The summed E-state index contributed by atoms with van der Waals surface area (Å²) in [5.74, 6) is 1.73. The number of nitrogens with zero attached hydrogens (tertiary/aromatic N) is 2. The predicted octanol–water partition coefficient (Wildman–Crippen LogP) is 3.47. The van der Waals surface area contributed by atoms with Gasteiger partial charge in [-0.2, -0.15) is 0 Å². The molecule has 2 aromatic heterocycles. The summed E-state index contributed by atoms with van der Waals surface area (Å²) < 4.78 is 6.53. The van der Waals surface area contributed by atoms with Gasteiger partial charge in [0.1, 0.15) is 11.6 Å². The zero-order valence-electron chi connectivity index (χ0n) is 14.3. The highest BCUT2D eigenvalue weighted by Crippen LogP contribution is 2.31. The second-order valence-corrected chi connectivity index (χ2v) is 7.29. The van der Waals surface area contributed by atoms with Gasteiger partial charge < -0.3 is 15.0 Å². The molecule has 0 radical (unpaired) electrons. The SMILES string of the molecule is CCOc1ccc2nc(NC(=O)C3CCc4nc(C)[nH]c4C3)sc2c1. The molecular weight excluding hydrogens is 336 g/mol. The standard InChI is InChI=1S/C18H20N4O2S/c1-3-24-12-5-7-14-16(9-12)25-18(21-14)22-17(23)11-4-6-13-15(8-11)20-10(2)19-13/h5,7,9,11H,3-4,6,8H2,1-2H3,(H,19,20)(H,21,22,23). The fourth-order valence-electron chi connectivity index (χ4n) is 3.27. The number of fused-ring (bicyclic) bond motifs is 2. The first-order chi connectivity index (χ1) is 12.1. The molecule has 4 rings (SSSR count). The number of aryl methyl sites for hydroxylation is 2. The van der Waals surface area contributed by atoms with E-state index in [4.69, 9.17) is 4.74 Å². The van der Waals surface area contributed by atoms with E-state index < -0.39 is 0 Å². The van der Waals surface area contributed by atoms with Crippen LogP contribution in [0.25, 0.3) is 10.2 Å². The number of H-pyrrole nitrogens is 1. The lowest BCUT2D eigenvalue weighted by Gasteiger charge is -2.19. The number of hydrogen-bond acceptors (Lipinski definition) is 5. The number of aromatic amines is 1. The van der Waals surface area contributed by atoms with Crippen molar-refractivity contribution in [3.05, 3.63) is 35.4 Å². The number of rotatable bonds is 4. The summed E-state index contributed by atoms with van der Waals surface area (Å²) in [5.41, 5.74) is 3.07. The van der Waals surface area contributed by atoms with Crippen LogP contribution in [-0.4, -0.2) is 27.5 Å². The van der Waals surface area contributed by atoms with Crippen LogP contribution in [0.1, 0.15) is 30.6 Å². The maximum absolute atomic E-state index is 12.6. The van der Waals surface area contributed by atoms with Crippen molar-refractivity contribution >= 4 is 32.6 Å². The van der Waals surface area contributed by atoms with Gasteiger partial charge in [-0.1, -0.05) is 11.3 Å². The Balaban J connectivity index is 1.48. The Morgan fingerprint density at radius 1 is 1.44 bits per heavy atom. The molecule has 0 saturated heterocycles. The summed E-state index contributed by atoms with van der Waals surface area (Å²) in [6, 6.07) is 5.79. The number of aromatic nitrogens is 3. The Kier molecular flexibility index (Phi) is 4.17. The monoisotopic (exact) mass is 356 g/mol. The average Bonchev–Trinajstić information content (AvgIpc) is 3.15. The molecule has 0 spiro atoms. The van der Waals surface area contributed by atoms with Crippen LogP contribution in [0.5, 0.6) is 5.75 Å². The van der Waals surface area contributed by atoms with Crippen molar-refractivity contribution in [2.24, 2.45) is 5.92 Å². The van der Waals surface area contributed by atoms with E-state index in [0.29, 0.717) is 18.2 Å². The number of hydrogen-bond donors (Lipinski definition) is 2. The number of benzene rings is 1. The molecule has 1 amide bonds. The highest BCUT2D eigenvalue weighted by Gasteiger charge is 2.27. The number of imidazole rings is 1. The Labute approximate surface area is 149 Å². The molecule has 0 fully saturated rings. The van der Waals surface area contributed by atoms with Crippen molar-refractivity contribution in [1.82, 2.24) is 15.0 Å².